The van der Waals surface area contributed by atoms with Crippen molar-refractivity contribution in [2.45, 2.75) is 70.5 Å². The highest BCUT2D eigenvalue weighted by Gasteiger charge is 2.36. The van der Waals surface area contributed by atoms with E-state index < -0.39 is 6.10 Å². The summed E-state index contributed by atoms with van der Waals surface area (Å²) in [4.78, 5) is 11.4. The molecule has 0 aromatic carbocycles. The molecule has 0 bridgehead atoms. The van der Waals surface area contributed by atoms with E-state index in [4.69, 9.17) is 4.74 Å². The summed E-state index contributed by atoms with van der Waals surface area (Å²) in [7, 11) is 0. The predicted molar refractivity (Wildman–Crippen MR) is 81.6 cm³/mol. The Labute approximate surface area is 127 Å². The fourth-order valence-corrected chi connectivity index (χ4v) is 4.70. The summed E-state index contributed by atoms with van der Waals surface area (Å²) < 4.78 is 5.40. The van der Waals surface area contributed by atoms with Crippen LogP contribution in [0.5, 0.6) is 0 Å². The lowest BCUT2D eigenvalue weighted by molar-refractivity contribution is -0.160. The number of aliphatic hydroxyl groups excluding tert-OH is 1. The van der Waals surface area contributed by atoms with Gasteiger partial charge in [-0.3, -0.25) is 4.79 Å². The molecule has 21 heavy (non-hydrogen) atoms. The summed E-state index contributed by atoms with van der Waals surface area (Å²) in [5.41, 5.74) is 0. The second-order valence-electron chi connectivity index (χ2n) is 7.30. The van der Waals surface area contributed by atoms with Gasteiger partial charge in [0, 0.05) is 6.42 Å². The zero-order valence-corrected chi connectivity index (χ0v) is 13.0. The molecule has 1 N–H and O–H groups in total. The molecular formula is C18H28O3. The van der Waals surface area contributed by atoms with Crippen molar-refractivity contribution in [2.24, 2.45) is 23.7 Å². The molecule has 0 amide bonds. The van der Waals surface area contributed by atoms with Gasteiger partial charge in [-0.15, -0.1) is 0 Å². The van der Waals surface area contributed by atoms with Gasteiger partial charge in [-0.1, -0.05) is 31.9 Å². The van der Waals surface area contributed by atoms with Crippen molar-refractivity contribution in [1.82, 2.24) is 0 Å². The Hall–Kier alpha value is -0.830. The number of hydrogen-bond acceptors (Lipinski definition) is 3. The van der Waals surface area contributed by atoms with E-state index >= 15 is 0 Å². The van der Waals surface area contributed by atoms with Crippen LogP contribution in [-0.4, -0.2) is 23.3 Å². The van der Waals surface area contributed by atoms with E-state index in [9.17, 15) is 9.90 Å². The molecule has 1 heterocycles. The van der Waals surface area contributed by atoms with Gasteiger partial charge in [0.05, 0.1) is 12.5 Å². The number of carbonyl (C=O) groups excluding carboxylic acids is 1. The zero-order valence-electron chi connectivity index (χ0n) is 13.0. The number of allylic oxidation sites excluding steroid dienone is 2. The first-order valence-electron chi connectivity index (χ1n) is 8.69. The van der Waals surface area contributed by atoms with Gasteiger partial charge in [0.1, 0.15) is 6.10 Å². The summed E-state index contributed by atoms with van der Waals surface area (Å²) in [6, 6.07) is 0. The van der Waals surface area contributed by atoms with Gasteiger partial charge in [-0.05, 0) is 49.4 Å². The molecule has 1 saturated carbocycles. The van der Waals surface area contributed by atoms with Crippen molar-refractivity contribution in [3.8, 4) is 0 Å². The molecule has 0 spiro atoms. The summed E-state index contributed by atoms with van der Waals surface area (Å²) in [5, 5.41) is 9.71. The van der Waals surface area contributed by atoms with E-state index in [1.807, 2.05) is 0 Å². The van der Waals surface area contributed by atoms with Crippen LogP contribution in [0.25, 0.3) is 0 Å². The predicted octanol–water partition coefficient (Wildman–Crippen LogP) is 3.46. The van der Waals surface area contributed by atoms with Gasteiger partial charge in [0.2, 0.25) is 0 Å². The summed E-state index contributed by atoms with van der Waals surface area (Å²) in [5.74, 6) is 2.72. The van der Waals surface area contributed by atoms with Crippen LogP contribution >= 0.6 is 0 Å². The Balaban J connectivity index is 1.58. The van der Waals surface area contributed by atoms with E-state index in [0.717, 1.165) is 30.6 Å². The normalized spacial score (nSPS) is 43.2. The summed E-state index contributed by atoms with van der Waals surface area (Å²) >= 11 is 0. The third kappa shape index (κ3) is 3.50. The molecule has 0 unspecified atom stereocenters. The first kappa shape index (κ1) is 15.1. The van der Waals surface area contributed by atoms with Gasteiger partial charge < -0.3 is 9.84 Å². The van der Waals surface area contributed by atoms with Crippen LogP contribution < -0.4 is 0 Å². The Morgan fingerprint density at radius 3 is 2.86 bits per heavy atom. The van der Waals surface area contributed by atoms with Crippen LogP contribution in [0.3, 0.4) is 0 Å². The van der Waals surface area contributed by atoms with Crippen molar-refractivity contribution in [3.63, 3.8) is 0 Å². The maximum atomic E-state index is 11.4. The van der Waals surface area contributed by atoms with Gasteiger partial charge in [0.15, 0.2) is 0 Å². The minimum absolute atomic E-state index is 0.0682. The molecule has 3 nitrogen and oxygen atoms in total. The van der Waals surface area contributed by atoms with E-state index in [-0.39, 0.29) is 18.5 Å². The molecule has 2 fully saturated rings. The van der Waals surface area contributed by atoms with Crippen LogP contribution in [0.2, 0.25) is 0 Å². The molecule has 3 heteroatoms. The highest BCUT2D eigenvalue weighted by Crippen LogP contribution is 2.45. The first-order valence-corrected chi connectivity index (χ1v) is 8.69. The Bertz CT molecular complexity index is 403. The quantitative estimate of drug-likeness (QED) is 0.640. The number of hydrogen-bond donors (Lipinski definition) is 1. The number of rotatable bonds is 3. The first-order chi connectivity index (χ1) is 10.1. The molecule has 0 aromatic heterocycles. The van der Waals surface area contributed by atoms with Gasteiger partial charge in [0.25, 0.3) is 0 Å². The van der Waals surface area contributed by atoms with Crippen molar-refractivity contribution in [2.75, 3.05) is 0 Å². The monoisotopic (exact) mass is 292 g/mol. The molecule has 6 atom stereocenters. The van der Waals surface area contributed by atoms with Crippen molar-refractivity contribution >= 4 is 5.97 Å². The number of ether oxygens (including phenoxy) is 1. The largest absolute Gasteiger partial charge is 0.462 e. The minimum Gasteiger partial charge on any atom is -0.462 e. The molecule has 1 saturated heterocycles. The van der Waals surface area contributed by atoms with Crippen LogP contribution in [0.4, 0.5) is 0 Å². The second kappa shape index (κ2) is 6.51. The van der Waals surface area contributed by atoms with E-state index in [0.29, 0.717) is 12.3 Å². The number of fused-ring (bicyclic) bond motifs is 1. The van der Waals surface area contributed by atoms with E-state index in [2.05, 4.69) is 19.1 Å². The van der Waals surface area contributed by atoms with Gasteiger partial charge in [-0.25, -0.2) is 0 Å². The SMILES string of the molecule is C[C@H]1C=C[C@H]2CCCC[C@@H]2[C@@H]1CC[C@@H]1C[C@H](O)CC(=O)O1. The lowest BCUT2D eigenvalue weighted by Crippen LogP contribution is -2.36. The summed E-state index contributed by atoms with van der Waals surface area (Å²) in [6.07, 6.45) is 12.6. The number of cyclic esters (lactones) is 1. The zero-order chi connectivity index (χ0) is 14.8. The third-order valence-electron chi connectivity index (χ3n) is 5.82. The fourth-order valence-electron chi connectivity index (χ4n) is 4.70. The van der Waals surface area contributed by atoms with Crippen molar-refractivity contribution in [1.29, 1.82) is 0 Å². The Morgan fingerprint density at radius 2 is 2.05 bits per heavy atom. The highest BCUT2D eigenvalue weighted by atomic mass is 16.5. The lowest BCUT2D eigenvalue weighted by atomic mass is 9.64. The third-order valence-corrected chi connectivity index (χ3v) is 5.82. The lowest BCUT2D eigenvalue weighted by Gasteiger charge is -2.42. The molecule has 2 aliphatic carbocycles. The maximum absolute atomic E-state index is 11.4. The molecule has 118 valence electrons. The molecule has 0 radical (unpaired) electrons. The van der Waals surface area contributed by atoms with Crippen LogP contribution in [-0.2, 0) is 9.53 Å². The summed E-state index contributed by atoms with van der Waals surface area (Å²) in [6.45, 7) is 2.33. The molecule has 3 aliphatic rings. The topological polar surface area (TPSA) is 46.5 Å². The van der Waals surface area contributed by atoms with E-state index in [1.54, 1.807) is 0 Å². The standard InChI is InChI=1S/C18H28O3/c1-12-6-7-13-4-2-3-5-17(13)16(12)9-8-15-10-14(19)11-18(20)21-15/h6-7,12-17,19H,2-5,8-11H2,1H3/t12-,13+,14-,15+,16+,17-/m0/s1. The smallest absolute Gasteiger partial charge is 0.308 e. The molecule has 3 rings (SSSR count). The Kier molecular flexibility index (Phi) is 4.68. The Morgan fingerprint density at radius 1 is 1.24 bits per heavy atom. The maximum Gasteiger partial charge on any atom is 0.308 e. The number of carbonyl (C=O) groups is 1. The average Bonchev–Trinajstić information content (AvgIpc) is 2.45. The van der Waals surface area contributed by atoms with Crippen LogP contribution in [0.1, 0.15) is 58.3 Å². The number of esters is 1. The molecular weight excluding hydrogens is 264 g/mol. The van der Waals surface area contributed by atoms with Crippen molar-refractivity contribution in [3.05, 3.63) is 12.2 Å². The number of aliphatic hydroxyl groups is 1. The van der Waals surface area contributed by atoms with Crippen LogP contribution in [0, 0.1) is 23.7 Å². The molecule has 0 aromatic rings. The van der Waals surface area contributed by atoms with Gasteiger partial charge in [-0.2, -0.15) is 0 Å². The van der Waals surface area contributed by atoms with Gasteiger partial charge >= 0.3 is 5.97 Å². The van der Waals surface area contributed by atoms with E-state index in [1.165, 1.54) is 25.7 Å². The fraction of sp³-hybridized carbons (Fsp3) is 0.833. The minimum atomic E-state index is -0.498. The average molecular weight is 292 g/mol. The second-order valence-corrected chi connectivity index (χ2v) is 7.30. The highest BCUT2D eigenvalue weighted by molar-refractivity contribution is 5.70. The molecule has 1 aliphatic heterocycles. The van der Waals surface area contributed by atoms with Crippen molar-refractivity contribution < 1.29 is 14.6 Å². The van der Waals surface area contributed by atoms with Crippen LogP contribution in [0.15, 0.2) is 12.2 Å².